The summed E-state index contributed by atoms with van der Waals surface area (Å²) in [5.74, 6) is -3.05. The summed E-state index contributed by atoms with van der Waals surface area (Å²) in [6, 6.07) is 0. The molecule has 96 valence electrons. The molecule has 0 aliphatic carbocycles. The van der Waals surface area contributed by atoms with Crippen LogP contribution in [0.3, 0.4) is 0 Å². The van der Waals surface area contributed by atoms with Crippen LogP contribution >= 0.6 is 0 Å². The number of carbonyl (C=O) groups is 1. The standard InChI is InChI=1S/C10H13F3N2O2/c1-5(2)4-7-14-9(17-15-7)6(3)8(16)10(11,12)13/h5-6H,4H2,1-3H3. The molecular formula is C10H13F3N2O2. The molecule has 17 heavy (non-hydrogen) atoms. The minimum atomic E-state index is -4.88. The molecule has 0 aliphatic rings. The number of nitrogens with zero attached hydrogens (tertiary/aromatic N) is 2. The van der Waals surface area contributed by atoms with E-state index in [-0.39, 0.29) is 11.8 Å². The Morgan fingerprint density at radius 3 is 2.41 bits per heavy atom. The van der Waals surface area contributed by atoms with Crippen LogP contribution in [0.1, 0.15) is 38.4 Å². The summed E-state index contributed by atoms with van der Waals surface area (Å²) in [5, 5.41) is 3.54. The van der Waals surface area contributed by atoms with E-state index in [2.05, 4.69) is 14.7 Å². The lowest BCUT2D eigenvalue weighted by Gasteiger charge is -2.08. The van der Waals surface area contributed by atoms with E-state index in [4.69, 9.17) is 0 Å². The molecule has 1 unspecified atom stereocenters. The summed E-state index contributed by atoms with van der Waals surface area (Å²) < 4.78 is 41.1. The smallest absolute Gasteiger partial charge is 0.339 e. The second-order valence-corrected chi connectivity index (χ2v) is 4.23. The molecule has 1 rings (SSSR count). The molecule has 0 aromatic carbocycles. The van der Waals surface area contributed by atoms with Crippen LogP contribution in [-0.4, -0.2) is 22.1 Å². The Balaban J connectivity index is 2.80. The molecule has 0 amide bonds. The van der Waals surface area contributed by atoms with Crippen molar-refractivity contribution in [3.8, 4) is 0 Å². The van der Waals surface area contributed by atoms with Gasteiger partial charge in [-0.1, -0.05) is 19.0 Å². The second-order valence-electron chi connectivity index (χ2n) is 4.23. The zero-order valence-corrected chi connectivity index (χ0v) is 9.71. The molecule has 0 fully saturated rings. The summed E-state index contributed by atoms with van der Waals surface area (Å²) >= 11 is 0. The number of Topliss-reactive ketones (excluding diaryl/α,β-unsaturated/α-hetero) is 1. The third-order valence-corrected chi connectivity index (χ3v) is 2.12. The van der Waals surface area contributed by atoms with Crippen molar-refractivity contribution in [1.29, 1.82) is 0 Å². The molecule has 1 heterocycles. The van der Waals surface area contributed by atoms with Gasteiger partial charge in [0, 0.05) is 6.42 Å². The average Bonchev–Trinajstić information content (AvgIpc) is 2.61. The van der Waals surface area contributed by atoms with E-state index in [1.807, 2.05) is 13.8 Å². The van der Waals surface area contributed by atoms with Gasteiger partial charge in [0.2, 0.25) is 11.7 Å². The molecule has 0 saturated heterocycles. The van der Waals surface area contributed by atoms with Crippen molar-refractivity contribution >= 4 is 5.78 Å². The highest BCUT2D eigenvalue weighted by Crippen LogP contribution is 2.26. The summed E-state index contributed by atoms with van der Waals surface area (Å²) in [7, 11) is 0. The lowest BCUT2D eigenvalue weighted by Crippen LogP contribution is -2.27. The highest BCUT2D eigenvalue weighted by molar-refractivity contribution is 5.89. The summed E-state index contributed by atoms with van der Waals surface area (Å²) in [5.41, 5.74) is 0. The topological polar surface area (TPSA) is 56.0 Å². The highest BCUT2D eigenvalue weighted by Gasteiger charge is 2.43. The van der Waals surface area contributed by atoms with E-state index in [1.54, 1.807) is 0 Å². The van der Waals surface area contributed by atoms with Crippen LogP contribution in [-0.2, 0) is 11.2 Å². The third-order valence-electron chi connectivity index (χ3n) is 2.12. The molecule has 0 N–H and O–H groups in total. The van der Waals surface area contributed by atoms with Crippen LogP contribution in [0.25, 0.3) is 0 Å². The van der Waals surface area contributed by atoms with Crippen LogP contribution < -0.4 is 0 Å². The van der Waals surface area contributed by atoms with Gasteiger partial charge in [0.1, 0.15) is 5.92 Å². The van der Waals surface area contributed by atoms with Crippen molar-refractivity contribution in [2.45, 2.75) is 39.3 Å². The van der Waals surface area contributed by atoms with Gasteiger partial charge in [0.25, 0.3) is 0 Å². The van der Waals surface area contributed by atoms with Gasteiger partial charge >= 0.3 is 6.18 Å². The van der Waals surface area contributed by atoms with Crippen molar-refractivity contribution in [1.82, 2.24) is 10.1 Å². The van der Waals surface area contributed by atoms with E-state index < -0.39 is 17.9 Å². The number of ketones is 1. The maximum atomic E-state index is 12.2. The minimum Gasteiger partial charge on any atom is -0.339 e. The molecule has 0 radical (unpaired) electrons. The van der Waals surface area contributed by atoms with Crippen molar-refractivity contribution < 1.29 is 22.5 Å². The van der Waals surface area contributed by atoms with Gasteiger partial charge < -0.3 is 4.52 Å². The number of carbonyl (C=O) groups excluding carboxylic acids is 1. The van der Waals surface area contributed by atoms with Gasteiger partial charge in [-0.3, -0.25) is 4.79 Å². The first kappa shape index (κ1) is 13.7. The molecule has 0 aliphatic heterocycles. The van der Waals surface area contributed by atoms with E-state index >= 15 is 0 Å². The Hall–Kier alpha value is -1.40. The lowest BCUT2D eigenvalue weighted by atomic mass is 10.1. The number of aromatic nitrogens is 2. The summed E-state index contributed by atoms with van der Waals surface area (Å²) in [6.45, 7) is 4.93. The molecule has 0 saturated carbocycles. The van der Waals surface area contributed by atoms with Crippen molar-refractivity contribution in [2.75, 3.05) is 0 Å². The fraction of sp³-hybridized carbons (Fsp3) is 0.700. The van der Waals surface area contributed by atoms with Gasteiger partial charge in [-0.2, -0.15) is 18.2 Å². The molecule has 0 bridgehead atoms. The third kappa shape index (κ3) is 3.54. The fourth-order valence-electron chi connectivity index (χ4n) is 1.25. The molecule has 1 aromatic rings. The van der Waals surface area contributed by atoms with Gasteiger partial charge in [-0.25, -0.2) is 0 Å². The minimum absolute atomic E-state index is 0.258. The maximum Gasteiger partial charge on any atom is 0.450 e. The van der Waals surface area contributed by atoms with Crippen LogP contribution in [0.15, 0.2) is 4.52 Å². The van der Waals surface area contributed by atoms with Crippen molar-refractivity contribution in [2.24, 2.45) is 5.92 Å². The zero-order chi connectivity index (χ0) is 13.2. The number of halogens is 3. The maximum absolute atomic E-state index is 12.2. The first-order chi connectivity index (χ1) is 7.71. The molecule has 7 heteroatoms. The summed E-state index contributed by atoms with van der Waals surface area (Å²) in [4.78, 5) is 14.7. The van der Waals surface area contributed by atoms with E-state index in [1.165, 1.54) is 0 Å². The van der Waals surface area contributed by atoms with Gasteiger partial charge in [0.05, 0.1) is 0 Å². The molecule has 0 spiro atoms. The summed E-state index contributed by atoms with van der Waals surface area (Å²) in [6.07, 6.45) is -4.39. The van der Waals surface area contributed by atoms with Crippen LogP contribution in [0.5, 0.6) is 0 Å². The average molecular weight is 250 g/mol. The quantitative estimate of drug-likeness (QED) is 0.823. The first-order valence-electron chi connectivity index (χ1n) is 5.15. The van der Waals surface area contributed by atoms with E-state index in [0.717, 1.165) is 6.92 Å². The predicted molar refractivity (Wildman–Crippen MR) is 52.3 cm³/mol. The largest absolute Gasteiger partial charge is 0.450 e. The van der Waals surface area contributed by atoms with Crippen molar-refractivity contribution in [3.05, 3.63) is 11.7 Å². The molecule has 1 atom stereocenters. The number of rotatable bonds is 4. The van der Waals surface area contributed by atoms with Crippen LogP contribution in [0, 0.1) is 5.92 Å². The Morgan fingerprint density at radius 2 is 1.94 bits per heavy atom. The number of alkyl halides is 3. The van der Waals surface area contributed by atoms with Gasteiger partial charge in [0.15, 0.2) is 5.82 Å². The van der Waals surface area contributed by atoms with E-state index in [0.29, 0.717) is 12.2 Å². The fourth-order valence-corrected chi connectivity index (χ4v) is 1.25. The normalized spacial score (nSPS) is 14.1. The van der Waals surface area contributed by atoms with Crippen LogP contribution in [0.4, 0.5) is 13.2 Å². The predicted octanol–water partition coefficient (Wildman–Crippen LogP) is 2.50. The molecule has 4 nitrogen and oxygen atoms in total. The van der Waals surface area contributed by atoms with Crippen molar-refractivity contribution in [3.63, 3.8) is 0 Å². The number of hydrogen-bond donors (Lipinski definition) is 0. The Bertz CT molecular complexity index is 399. The lowest BCUT2D eigenvalue weighted by molar-refractivity contribution is -0.172. The zero-order valence-electron chi connectivity index (χ0n) is 9.71. The Kier molecular flexibility index (Phi) is 3.90. The SMILES string of the molecule is CC(C)Cc1noc(C(C)C(=O)C(F)(F)F)n1. The van der Waals surface area contributed by atoms with Gasteiger partial charge in [-0.05, 0) is 12.8 Å². The monoisotopic (exact) mass is 250 g/mol. The molecular weight excluding hydrogens is 237 g/mol. The second kappa shape index (κ2) is 4.85. The number of hydrogen-bond acceptors (Lipinski definition) is 4. The first-order valence-corrected chi connectivity index (χ1v) is 5.15. The van der Waals surface area contributed by atoms with Gasteiger partial charge in [-0.15, -0.1) is 0 Å². The van der Waals surface area contributed by atoms with Crippen LogP contribution in [0.2, 0.25) is 0 Å². The Morgan fingerprint density at radius 1 is 1.35 bits per heavy atom. The highest BCUT2D eigenvalue weighted by atomic mass is 19.4. The Labute approximate surface area is 96.2 Å². The van der Waals surface area contributed by atoms with E-state index in [9.17, 15) is 18.0 Å². The molecule has 1 aromatic heterocycles.